The van der Waals surface area contributed by atoms with Gasteiger partial charge in [-0.05, 0) is 24.5 Å². The lowest BCUT2D eigenvalue weighted by molar-refractivity contribution is -0.139. The van der Waals surface area contributed by atoms with Gasteiger partial charge >= 0.3 is 6.18 Å². The number of nitriles is 1. The van der Waals surface area contributed by atoms with E-state index in [2.05, 4.69) is 27.9 Å². The van der Waals surface area contributed by atoms with E-state index in [1.807, 2.05) is 6.07 Å². The number of aromatic nitrogens is 2. The van der Waals surface area contributed by atoms with E-state index >= 15 is 0 Å². The van der Waals surface area contributed by atoms with Crippen molar-refractivity contribution in [2.45, 2.75) is 21.1 Å². The number of amides is 1. The van der Waals surface area contributed by atoms with E-state index in [1.54, 1.807) is 6.26 Å². The molecule has 27 heavy (non-hydrogen) atoms. The molecule has 0 atom stereocenters. The van der Waals surface area contributed by atoms with Crippen LogP contribution in [0.2, 0.25) is 0 Å². The highest BCUT2D eigenvalue weighted by Gasteiger charge is 2.33. The standard InChI is InChI=1S/C15H12F3N5OS3/c1-26-12-8(5-19)13(23-14(20)22-12)27-6-11(24)21-7-2-3-10(25)9(4-7)15(16,17)18/h2-4,25H,6H2,1H3,(H,21,24)(H2,20,22,23). The van der Waals surface area contributed by atoms with Crippen LogP contribution in [0.4, 0.5) is 24.8 Å². The van der Waals surface area contributed by atoms with Crippen LogP contribution in [0.5, 0.6) is 0 Å². The zero-order valence-corrected chi connectivity index (χ0v) is 16.2. The maximum Gasteiger partial charge on any atom is 0.417 e. The number of nitrogens with zero attached hydrogens (tertiary/aromatic N) is 3. The molecule has 0 unspecified atom stereocenters. The molecule has 0 bridgehead atoms. The predicted molar refractivity (Wildman–Crippen MR) is 101 cm³/mol. The van der Waals surface area contributed by atoms with Crippen LogP contribution in [0, 0.1) is 11.3 Å². The Morgan fingerprint density at radius 1 is 1.37 bits per heavy atom. The molecule has 0 aliphatic heterocycles. The van der Waals surface area contributed by atoms with Crippen LogP contribution in [0.3, 0.4) is 0 Å². The Kier molecular flexibility index (Phi) is 6.85. The first-order chi connectivity index (χ1) is 12.7. The van der Waals surface area contributed by atoms with Gasteiger partial charge in [0.15, 0.2) is 0 Å². The van der Waals surface area contributed by atoms with Crippen molar-refractivity contribution in [3.8, 4) is 6.07 Å². The number of nitrogen functional groups attached to an aromatic ring is 1. The van der Waals surface area contributed by atoms with E-state index in [0.29, 0.717) is 5.03 Å². The third-order valence-electron chi connectivity index (χ3n) is 3.09. The van der Waals surface area contributed by atoms with Gasteiger partial charge < -0.3 is 11.1 Å². The summed E-state index contributed by atoms with van der Waals surface area (Å²) < 4.78 is 38.7. The summed E-state index contributed by atoms with van der Waals surface area (Å²) in [6, 6.07) is 5.23. The van der Waals surface area contributed by atoms with Crippen molar-refractivity contribution < 1.29 is 18.0 Å². The zero-order valence-electron chi connectivity index (χ0n) is 13.7. The third-order valence-corrected chi connectivity index (χ3v) is 5.14. The molecule has 12 heteroatoms. The minimum Gasteiger partial charge on any atom is -0.368 e. The van der Waals surface area contributed by atoms with E-state index in [9.17, 15) is 23.2 Å². The maximum atomic E-state index is 12.9. The monoisotopic (exact) mass is 431 g/mol. The van der Waals surface area contributed by atoms with Gasteiger partial charge in [0.25, 0.3) is 0 Å². The van der Waals surface area contributed by atoms with Crippen molar-refractivity contribution in [3.63, 3.8) is 0 Å². The van der Waals surface area contributed by atoms with Gasteiger partial charge in [-0.2, -0.15) is 18.4 Å². The molecular weight excluding hydrogens is 419 g/mol. The van der Waals surface area contributed by atoms with Crippen LogP contribution < -0.4 is 11.1 Å². The first kappa shape index (κ1) is 21.2. The highest BCUT2D eigenvalue weighted by molar-refractivity contribution is 8.00. The number of carbonyl (C=O) groups is 1. The quantitative estimate of drug-likeness (QED) is 0.377. The van der Waals surface area contributed by atoms with Gasteiger partial charge in [0.1, 0.15) is 21.7 Å². The number of nitrogens with two attached hydrogens (primary N) is 1. The number of nitrogens with one attached hydrogen (secondary N) is 1. The van der Waals surface area contributed by atoms with Gasteiger partial charge in [-0.25, -0.2) is 9.97 Å². The predicted octanol–water partition coefficient (Wildman–Crippen LogP) is 3.69. The molecule has 2 rings (SSSR count). The van der Waals surface area contributed by atoms with Crippen molar-refractivity contribution in [3.05, 3.63) is 29.3 Å². The highest BCUT2D eigenvalue weighted by Crippen LogP contribution is 2.35. The second-order valence-corrected chi connectivity index (χ2v) is 7.19. The summed E-state index contributed by atoms with van der Waals surface area (Å²) in [5.74, 6) is -0.782. The Hall–Kier alpha value is -2.10. The number of benzene rings is 1. The molecule has 1 aromatic heterocycles. The Morgan fingerprint density at radius 2 is 2.04 bits per heavy atom. The van der Waals surface area contributed by atoms with Gasteiger partial charge in [-0.1, -0.05) is 11.8 Å². The van der Waals surface area contributed by atoms with Gasteiger partial charge in [-0.15, -0.1) is 24.4 Å². The molecule has 0 fully saturated rings. The van der Waals surface area contributed by atoms with Crippen LogP contribution >= 0.6 is 36.2 Å². The largest absolute Gasteiger partial charge is 0.417 e. The lowest BCUT2D eigenvalue weighted by Crippen LogP contribution is -2.15. The van der Waals surface area contributed by atoms with E-state index in [-0.39, 0.29) is 32.9 Å². The van der Waals surface area contributed by atoms with Crippen molar-refractivity contribution >= 4 is 53.7 Å². The van der Waals surface area contributed by atoms with Gasteiger partial charge in [0, 0.05) is 10.6 Å². The molecule has 6 nitrogen and oxygen atoms in total. The number of alkyl halides is 3. The topological polar surface area (TPSA) is 105 Å². The van der Waals surface area contributed by atoms with Crippen LogP contribution in [0.1, 0.15) is 11.1 Å². The molecule has 0 saturated carbocycles. The molecule has 1 amide bonds. The Morgan fingerprint density at radius 3 is 2.63 bits per heavy atom. The minimum atomic E-state index is -4.58. The lowest BCUT2D eigenvalue weighted by atomic mass is 10.2. The van der Waals surface area contributed by atoms with Crippen molar-refractivity contribution in [1.82, 2.24) is 9.97 Å². The fourth-order valence-electron chi connectivity index (χ4n) is 1.96. The second kappa shape index (κ2) is 8.73. The number of thioether (sulfide) groups is 2. The van der Waals surface area contributed by atoms with Crippen molar-refractivity contribution in [2.24, 2.45) is 0 Å². The van der Waals surface area contributed by atoms with Gasteiger partial charge in [-0.3, -0.25) is 4.79 Å². The Bertz CT molecular complexity index is 915. The highest BCUT2D eigenvalue weighted by atomic mass is 32.2. The average Bonchev–Trinajstić information content (AvgIpc) is 2.60. The molecule has 0 spiro atoms. The van der Waals surface area contributed by atoms with Crippen LogP contribution in [-0.4, -0.2) is 27.9 Å². The minimum absolute atomic E-state index is 0.0155. The fraction of sp³-hybridized carbons (Fsp3) is 0.200. The van der Waals surface area contributed by atoms with E-state index < -0.39 is 17.6 Å². The molecule has 3 N–H and O–H groups in total. The number of thiol groups is 1. The molecule has 1 heterocycles. The van der Waals surface area contributed by atoms with Crippen LogP contribution in [-0.2, 0) is 11.0 Å². The summed E-state index contributed by atoms with van der Waals surface area (Å²) in [7, 11) is 0. The average molecular weight is 431 g/mol. The maximum absolute atomic E-state index is 12.9. The lowest BCUT2D eigenvalue weighted by Gasteiger charge is -2.12. The van der Waals surface area contributed by atoms with Crippen molar-refractivity contribution in [2.75, 3.05) is 23.1 Å². The Labute approximate surface area is 166 Å². The fourth-order valence-corrected chi connectivity index (χ4v) is 3.60. The Balaban J connectivity index is 2.12. The number of hydrogen-bond acceptors (Lipinski definition) is 8. The SMILES string of the molecule is CSc1nc(N)nc(SCC(=O)Nc2ccc(S)c(C(F)(F)F)c2)c1C#N. The van der Waals surface area contributed by atoms with E-state index in [4.69, 9.17) is 5.73 Å². The molecule has 0 radical (unpaired) electrons. The van der Waals surface area contributed by atoms with E-state index in [0.717, 1.165) is 23.9 Å². The summed E-state index contributed by atoms with van der Waals surface area (Å²) in [5, 5.41) is 12.2. The first-order valence-corrected chi connectivity index (χ1v) is 9.76. The van der Waals surface area contributed by atoms with Gasteiger partial charge in [0.05, 0.1) is 11.3 Å². The molecule has 1 aromatic carbocycles. The number of carbonyl (C=O) groups excluding carboxylic acids is 1. The second-order valence-electron chi connectivity index (χ2n) is 4.95. The summed E-state index contributed by atoms with van der Waals surface area (Å²) in [4.78, 5) is 19.7. The number of anilines is 2. The number of hydrogen-bond donors (Lipinski definition) is 3. The summed E-state index contributed by atoms with van der Waals surface area (Å²) in [6.45, 7) is 0. The molecule has 0 aliphatic rings. The molecular formula is C15H12F3N5OS3. The van der Waals surface area contributed by atoms with Gasteiger partial charge in [0.2, 0.25) is 11.9 Å². The third kappa shape index (κ3) is 5.44. The zero-order chi connectivity index (χ0) is 20.2. The van der Waals surface area contributed by atoms with E-state index in [1.165, 1.54) is 17.8 Å². The number of halogens is 3. The first-order valence-electron chi connectivity index (χ1n) is 7.10. The smallest absolute Gasteiger partial charge is 0.368 e. The number of rotatable bonds is 5. The normalized spacial score (nSPS) is 11.1. The van der Waals surface area contributed by atoms with Crippen LogP contribution in [0.15, 0.2) is 33.1 Å². The summed E-state index contributed by atoms with van der Waals surface area (Å²) >= 11 is 5.92. The molecule has 142 valence electrons. The molecule has 0 aliphatic carbocycles. The molecule has 0 saturated heterocycles. The summed E-state index contributed by atoms with van der Waals surface area (Å²) in [6.07, 6.45) is -2.87. The van der Waals surface area contributed by atoms with Crippen LogP contribution in [0.25, 0.3) is 0 Å². The summed E-state index contributed by atoms with van der Waals surface area (Å²) in [5.41, 5.74) is 4.81. The van der Waals surface area contributed by atoms with Crippen molar-refractivity contribution in [1.29, 1.82) is 5.26 Å². The molecule has 2 aromatic rings.